The molecule has 17 heavy (non-hydrogen) atoms. The minimum absolute atomic E-state index is 0.0783. The van der Waals surface area contributed by atoms with E-state index >= 15 is 0 Å². The molecule has 0 heterocycles. The molecule has 0 radical (unpaired) electrons. The van der Waals surface area contributed by atoms with E-state index < -0.39 is 5.97 Å². The van der Waals surface area contributed by atoms with Gasteiger partial charge in [0.2, 0.25) is 0 Å². The first-order valence-electron chi connectivity index (χ1n) is 6.07. The summed E-state index contributed by atoms with van der Waals surface area (Å²) in [6.07, 6.45) is 1.66. The van der Waals surface area contributed by atoms with E-state index in [0.717, 1.165) is 6.42 Å². The second kappa shape index (κ2) is 7.92. The van der Waals surface area contributed by atoms with Crippen molar-refractivity contribution in [3.63, 3.8) is 0 Å². The molecule has 0 saturated carbocycles. The maximum Gasteiger partial charge on any atom is 0.317 e. The molecule has 1 atom stereocenters. The third kappa shape index (κ3) is 7.60. The normalized spacial score (nSPS) is 12.3. The number of hydrogen-bond acceptors (Lipinski definition) is 2. The van der Waals surface area contributed by atoms with Crippen LogP contribution in [0.2, 0.25) is 0 Å². The minimum atomic E-state index is -0.763. The van der Waals surface area contributed by atoms with Crippen molar-refractivity contribution in [2.75, 3.05) is 13.6 Å². The number of nitrogens with one attached hydrogen (secondary N) is 1. The van der Waals surface area contributed by atoms with Gasteiger partial charge in [-0.3, -0.25) is 4.79 Å². The van der Waals surface area contributed by atoms with E-state index in [0.29, 0.717) is 18.9 Å². The Labute approximate surface area is 103 Å². The average molecular weight is 244 g/mol. The van der Waals surface area contributed by atoms with Crippen molar-refractivity contribution >= 4 is 12.0 Å². The van der Waals surface area contributed by atoms with Gasteiger partial charge < -0.3 is 15.3 Å². The molecule has 1 unspecified atom stereocenters. The summed E-state index contributed by atoms with van der Waals surface area (Å²) in [6, 6.07) is 0.102. The zero-order chi connectivity index (χ0) is 13.4. The highest BCUT2D eigenvalue weighted by Gasteiger charge is 2.11. The number of carboxylic acid groups (broad SMARTS) is 1. The molecule has 5 heteroatoms. The Morgan fingerprint density at radius 2 is 1.82 bits per heavy atom. The topological polar surface area (TPSA) is 69.6 Å². The molecule has 2 amide bonds. The second-order valence-electron chi connectivity index (χ2n) is 4.76. The molecule has 100 valence electrons. The van der Waals surface area contributed by atoms with Crippen LogP contribution in [0.15, 0.2) is 0 Å². The van der Waals surface area contributed by atoms with Crippen LogP contribution < -0.4 is 5.32 Å². The predicted molar refractivity (Wildman–Crippen MR) is 66.9 cm³/mol. The predicted octanol–water partition coefficient (Wildman–Crippen LogP) is 1.93. The molecule has 0 aliphatic heterocycles. The van der Waals surface area contributed by atoms with Gasteiger partial charge in [0.25, 0.3) is 0 Å². The number of rotatable bonds is 7. The molecule has 0 aromatic carbocycles. The molecule has 2 N–H and O–H groups in total. The SMILES string of the molecule is CC(CCNC(=O)N(C)C(C)C)CCC(=O)O. The lowest BCUT2D eigenvalue weighted by Gasteiger charge is -2.22. The van der Waals surface area contributed by atoms with E-state index in [1.54, 1.807) is 11.9 Å². The number of carbonyl (C=O) groups excluding carboxylic acids is 1. The fourth-order valence-electron chi connectivity index (χ4n) is 1.30. The smallest absolute Gasteiger partial charge is 0.317 e. The van der Waals surface area contributed by atoms with Gasteiger partial charge in [-0.1, -0.05) is 6.92 Å². The summed E-state index contributed by atoms with van der Waals surface area (Å²) in [7, 11) is 1.76. The molecular formula is C12H24N2O3. The van der Waals surface area contributed by atoms with E-state index in [2.05, 4.69) is 5.32 Å². The van der Waals surface area contributed by atoms with Crippen LogP contribution in [0, 0.1) is 5.92 Å². The zero-order valence-corrected chi connectivity index (χ0v) is 11.2. The first-order chi connectivity index (χ1) is 7.84. The quantitative estimate of drug-likeness (QED) is 0.719. The van der Waals surface area contributed by atoms with Crippen molar-refractivity contribution < 1.29 is 14.7 Å². The highest BCUT2D eigenvalue weighted by atomic mass is 16.4. The van der Waals surface area contributed by atoms with Crippen molar-refractivity contribution in [2.45, 2.75) is 46.1 Å². The summed E-state index contributed by atoms with van der Waals surface area (Å²) in [5.41, 5.74) is 0. The van der Waals surface area contributed by atoms with Gasteiger partial charge in [0, 0.05) is 26.1 Å². The number of carbonyl (C=O) groups is 2. The van der Waals surface area contributed by atoms with Gasteiger partial charge >= 0.3 is 12.0 Å². The van der Waals surface area contributed by atoms with Gasteiger partial charge in [0.15, 0.2) is 0 Å². The highest BCUT2D eigenvalue weighted by molar-refractivity contribution is 5.74. The maximum atomic E-state index is 11.6. The van der Waals surface area contributed by atoms with Crippen molar-refractivity contribution in [3.05, 3.63) is 0 Å². The van der Waals surface area contributed by atoms with E-state index in [9.17, 15) is 9.59 Å². The molecule has 0 aliphatic carbocycles. The molecule has 0 rings (SSSR count). The molecule has 5 nitrogen and oxygen atoms in total. The summed E-state index contributed by atoms with van der Waals surface area (Å²) in [5.74, 6) is -0.448. The average Bonchev–Trinajstić information content (AvgIpc) is 2.24. The summed E-state index contributed by atoms with van der Waals surface area (Å²) in [6.45, 7) is 6.50. The number of carboxylic acids is 1. The zero-order valence-electron chi connectivity index (χ0n) is 11.2. The van der Waals surface area contributed by atoms with Crippen molar-refractivity contribution in [1.29, 1.82) is 0 Å². The third-order valence-electron chi connectivity index (χ3n) is 2.86. The maximum absolute atomic E-state index is 11.6. The Bertz CT molecular complexity index is 254. The van der Waals surface area contributed by atoms with Crippen LogP contribution in [0.4, 0.5) is 4.79 Å². The highest BCUT2D eigenvalue weighted by Crippen LogP contribution is 2.09. The fourth-order valence-corrected chi connectivity index (χ4v) is 1.30. The van der Waals surface area contributed by atoms with Crippen LogP contribution in [0.5, 0.6) is 0 Å². The number of nitrogens with zero attached hydrogens (tertiary/aromatic N) is 1. The van der Waals surface area contributed by atoms with Gasteiger partial charge in [-0.25, -0.2) is 4.79 Å². The van der Waals surface area contributed by atoms with Crippen LogP contribution >= 0.6 is 0 Å². The Morgan fingerprint density at radius 1 is 1.24 bits per heavy atom. The van der Waals surface area contributed by atoms with Crippen LogP contribution in [0.25, 0.3) is 0 Å². The molecule has 0 saturated heterocycles. The fraction of sp³-hybridized carbons (Fsp3) is 0.833. The molecule has 0 aliphatic rings. The first kappa shape index (κ1) is 15.7. The van der Waals surface area contributed by atoms with Gasteiger partial charge in [-0.2, -0.15) is 0 Å². The molecule has 0 fully saturated rings. The van der Waals surface area contributed by atoms with Gasteiger partial charge in [0.1, 0.15) is 0 Å². The standard InChI is InChI=1S/C12H24N2O3/c1-9(2)14(4)12(17)13-8-7-10(3)5-6-11(15)16/h9-10H,5-8H2,1-4H3,(H,13,17)(H,15,16). The summed E-state index contributed by atoms with van der Waals surface area (Å²) >= 11 is 0. The lowest BCUT2D eigenvalue weighted by Crippen LogP contribution is -2.41. The number of urea groups is 1. The summed E-state index contributed by atoms with van der Waals surface area (Å²) < 4.78 is 0. The molecule has 0 aromatic heterocycles. The van der Waals surface area contributed by atoms with Gasteiger partial charge in [-0.15, -0.1) is 0 Å². The number of aliphatic carboxylic acids is 1. The molecule has 0 aromatic rings. The Morgan fingerprint density at radius 3 is 2.29 bits per heavy atom. The van der Waals surface area contributed by atoms with Gasteiger partial charge in [0.05, 0.1) is 0 Å². The van der Waals surface area contributed by atoms with Crippen LogP contribution in [-0.2, 0) is 4.79 Å². The monoisotopic (exact) mass is 244 g/mol. The van der Waals surface area contributed by atoms with Crippen molar-refractivity contribution in [2.24, 2.45) is 5.92 Å². The second-order valence-corrected chi connectivity index (χ2v) is 4.76. The summed E-state index contributed by atoms with van der Waals surface area (Å²) in [4.78, 5) is 23.6. The van der Waals surface area contributed by atoms with E-state index in [-0.39, 0.29) is 18.5 Å². The Balaban J connectivity index is 3.69. The lowest BCUT2D eigenvalue weighted by molar-refractivity contribution is -0.137. The summed E-state index contributed by atoms with van der Waals surface area (Å²) in [5, 5.41) is 11.4. The van der Waals surface area contributed by atoms with E-state index in [1.165, 1.54) is 0 Å². The van der Waals surface area contributed by atoms with Gasteiger partial charge in [-0.05, 0) is 32.6 Å². The van der Waals surface area contributed by atoms with E-state index in [4.69, 9.17) is 5.11 Å². The first-order valence-corrected chi connectivity index (χ1v) is 6.07. The number of hydrogen-bond donors (Lipinski definition) is 2. The van der Waals surface area contributed by atoms with E-state index in [1.807, 2.05) is 20.8 Å². The van der Waals surface area contributed by atoms with Crippen LogP contribution in [-0.4, -0.2) is 41.6 Å². The molecular weight excluding hydrogens is 220 g/mol. The lowest BCUT2D eigenvalue weighted by atomic mass is 10.0. The Hall–Kier alpha value is -1.26. The molecule has 0 bridgehead atoms. The van der Waals surface area contributed by atoms with Crippen LogP contribution in [0.3, 0.4) is 0 Å². The largest absolute Gasteiger partial charge is 0.481 e. The molecule has 0 spiro atoms. The Kier molecular flexibility index (Phi) is 7.34. The van der Waals surface area contributed by atoms with Crippen molar-refractivity contribution in [1.82, 2.24) is 10.2 Å². The third-order valence-corrected chi connectivity index (χ3v) is 2.86. The minimum Gasteiger partial charge on any atom is -0.481 e. The number of amides is 2. The van der Waals surface area contributed by atoms with Crippen LogP contribution in [0.1, 0.15) is 40.0 Å². The van der Waals surface area contributed by atoms with Crippen molar-refractivity contribution in [3.8, 4) is 0 Å².